The highest BCUT2D eigenvalue weighted by atomic mass is 16.5. The average molecular weight is 237 g/mol. The Balaban J connectivity index is 2.34. The summed E-state index contributed by atoms with van der Waals surface area (Å²) in [7, 11) is 0. The maximum absolute atomic E-state index is 5.66. The van der Waals surface area contributed by atoms with Crippen molar-refractivity contribution in [2.24, 2.45) is 0 Å². The SMILES string of the molecule is CCCOc1ccc(OCC(C)NCC)cc1. The summed E-state index contributed by atoms with van der Waals surface area (Å²) in [5.74, 6) is 1.79. The zero-order valence-electron chi connectivity index (χ0n) is 11.0. The fourth-order valence-corrected chi connectivity index (χ4v) is 1.48. The van der Waals surface area contributed by atoms with Crippen LogP contribution in [-0.2, 0) is 0 Å². The van der Waals surface area contributed by atoms with Gasteiger partial charge in [0.1, 0.15) is 18.1 Å². The van der Waals surface area contributed by atoms with Crippen molar-refractivity contribution in [3.8, 4) is 11.5 Å². The van der Waals surface area contributed by atoms with Crippen LogP contribution >= 0.6 is 0 Å². The Labute approximate surface area is 104 Å². The number of benzene rings is 1. The van der Waals surface area contributed by atoms with E-state index in [-0.39, 0.29) is 0 Å². The third kappa shape index (κ3) is 5.59. The van der Waals surface area contributed by atoms with Crippen LogP contribution in [0.2, 0.25) is 0 Å². The molecule has 1 N–H and O–H groups in total. The van der Waals surface area contributed by atoms with E-state index in [0.717, 1.165) is 31.1 Å². The van der Waals surface area contributed by atoms with Gasteiger partial charge >= 0.3 is 0 Å². The molecule has 0 saturated heterocycles. The summed E-state index contributed by atoms with van der Waals surface area (Å²) in [5.41, 5.74) is 0. The van der Waals surface area contributed by atoms with Crippen LogP contribution in [-0.4, -0.2) is 25.8 Å². The Hall–Kier alpha value is -1.22. The van der Waals surface area contributed by atoms with E-state index in [1.807, 2.05) is 24.3 Å². The first-order valence-corrected chi connectivity index (χ1v) is 6.35. The lowest BCUT2D eigenvalue weighted by molar-refractivity contribution is 0.274. The van der Waals surface area contributed by atoms with E-state index in [4.69, 9.17) is 9.47 Å². The van der Waals surface area contributed by atoms with E-state index in [0.29, 0.717) is 12.6 Å². The molecule has 0 aliphatic rings. The highest BCUT2D eigenvalue weighted by Gasteiger charge is 2.01. The van der Waals surface area contributed by atoms with E-state index < -0.39 is 0 Å². The maximum atomic E-state index is 5.66. The quantitative estimate of drug-likeness (QED) is 0.754. The van der Waals surface area contributed by atoms with Crippen molar-refractivity contribution in [3.05, 3.63) is 24.3 Å². The minimum Gasteiger partial charge on any atom is -0.494 e. The third-order valence-corrected chi connectivity index (χ3v) is 2.35. The van der Waals surface area contributed by atoms with Gasteiger partial charge in [0.25, 0.3) is 0 Å². The van der Waals surface area contributed by atoms with Gasteiger partial charge < -0.3 is 14.8 Å². The van der Waals surface area contributed by atoms with Gasteiger partial charge in [0.05, 0.1) is 6.61 Å². The zero-order chi connectivity index (χ0) is 12.5. The predicted octanol–water partition coefficient (Wildman–Crippen LogP) is 2.85. The lowest BCUT2D eigenvalue weighted by atomic mass is 10.3. The summed E-state index contributed by atoms with van der Waals surface area (Å²) in [6.45, 7) is 8.72. The normalized spacial score (nSPS) is 12.2. The first-order chi connectivity index (χ1) is 8.26. The van der Waals surface area contributed by atoms with Crippen molar-refractivity contribution in [2.75, 3.05) is 19.8 Å². The van der Waals surface area contributed by atoms with Gasteiger partial charge in [-0.3, -0.25) is 0 Å². The summed E-state index contributed by atoms with van der Waals surface area (Å²) in [5, 5.41) is 3.31. The molecule has 0 saturated carbocycles. The molecule has 1 rings (SSSR count). The van der Waals surface area contributed by atoms with E-state index in [9.17, 15) is 0 Å². The molecule has 0 heterocycles. The standard InChI is InChI=1S/C14H23NO2/c1-4-10-16-13-6-8-14(9-7-13)17-11-12(3)15-5-2/h6-9,12,15H,4-5,10-11H2,1-3H3. The van der Waals surface area contributed by atoms with E-state index in [2.05, 4.69) is 26.1 Å². The van der Waals surface area contributed by atoms with Crippen LogP contribution in [0.25, 0.3) is 0 Å². The molecule has 1 unspecified atom stereocenters. The van der Waals surface area contributed by atoms with Crippen molar-refractivity contribution in [1.29, 1.82) is 0 Å². The number of ether oxygens (including phenoxy) is 2. The van der Waals surface area contributed by atoms with Gasteiger partial charge in [0, 0.05) is 6.04 Å². The van der Waals surface area contributed by atoms with Crippen molar-refractivity contribution < 1.29 is 9.47 Å². The first kappa shape index (κ1) is 13.8. The number of rotatable bonds is 8. The molecule has 0 bridgehead atoms. The highest BCUT2D eigenvalue weighted by molar-refractivity contribution is 5.31. The molecule has 0 fully saturated rings. The molecule has 1 aromatic rings. The molecule has 3 heteroatoms. The van der Waals surface area contributed by atoms with E-state index in [1.165, 1.54) is 0 Å². The number of hydrogen-bond acceptors (Lipinski definition) is 3. The Bertz CT molecular complexity index is 298. The van der Waals surface area contributed by atoms with Crippen LogP contribution in [0.15, 0.2) is 24.3 Å². The van der Waals surface area contributed by atoms with Gasteiger partial charge in [-0.05, 0) is 44.2 Å². The summed E-state index contributed by atoms with van der Waals surface area (Å²) in [4.78, 5) is 0. The van der Waals surface area contributed by atoms with Crippen LogP contribution in [0, 0.1) is 0 Å². The lowest BCUT2D eigenvalue weighted by Crippen LogP contribution is -2.31. The van der Waals surface area contributed by atoms with Gasteiger partial charge in [-0.2, -0.15) is 0 Å². The summed E-state index contributed by atoms with van der Waals surface area (Å²) in [6.07, 6.45) is 1.03. The van der Waals surface area contributed by atoms with Crippen molar-refractivity contribution in [1.82, 2.24) is 5.32 Å². The van der Waals surface area contributed by atoms with Crippen LogP contribution in [0.5, 0.6) is 11.5 Å². The summed E-state index contributed by atoms with van der Waals surface area (Å²) >= 11 is 0. The lowest BCUT2D eigenvalue weighted by Gasteiger charge is -2.13. The molecule has 3 nitrogen and oxygen atoms in total. The monoisotopic (exact) mass is 237 g/mol. The van der Waals surface area contributed by atoms with Gasteiger partial charge in [-0.25, -0.2) is 0 Å². The van der Waals surface area contributed by atoms with Crippen molar-refractivity contribution in [3.63, 3.8) is 0 Å². The molecular formula is C14H23NO2. The second-order valence-corrected chi connectivity index (χ2v) is 4.09. The molecule has 0 amide bonds. The van der Waals surface area contributed by atoms with Gasteiger partial charge in [0.15, 0.2) is 0 Å². The zero-order valence-corrected chi connectivity index (χ0v) is 11.0. The first-order valence-electron chi connectivity index (χ1n) is 6.35. The van der Waals surface area contributed by atoms with Gasteiger partial charge in [-0.15, -0.1) is 0 Å². The summed E-state index contributed by atoms with van der Waals surface area (Å²) < 4.78 is 11.2. The fourth-order valence-electron chi connectivity index (χ4n) is 1.48. The summed E-state index contributed by atoms with van der Waals surface area (Å²) in [6, 6.07) is 8.16. The topological polar surface area (TPSA) is 30.5 Å². The smallest absolute Gasteiger partial charge is 0.119 e. The second-order valence-electron chi connectivity index (χ2n) is 4.09. The Morgan fingerprint density at radius 1 is 1.06 bits per heavy atom. The minimum absolute atomic E-state index is 0.371. The Morgan fingerprint density at radius 2 is 1.65 bits per heavy atom. The van der Waals surface area contributed by atoms with Gasteiger partial charge in [0.2, 0.25) is 0 Å². The Morgan fingerprint density at radius 3 is 2.18 bits per heavy atom. The van der Waals surface area contributed by atoms with Crippen LogP contribution in [0.4, 0.5) is 0 Å². The molecule has 1 aromatic carbocycles. The molecule has 0 spiro atoms. The fraction of sp³-hybridized carbons (Fsp3) is 0.571. The van der Waals surface area contributed by atoms with Crippen molar-refractivity contribution in [2.45, 2.75) is 33.2 Å². The molecule has 17 heavy (non-hydrogen) atoms. The molecule has 0 aliphatic heterocycles. The predicted molar refractivity (Wildman–Crippen MR) is 70.9 cm³/mol. The third-order valence-electron chi connectivity index (χ3n) is 2.35. The van der Waals surface area contributed by atoms with Crippen LogP contribution in [0.3, 0.4) is 0 Å². The highest BCUT2D eigenvalue weighted by Crippen LogP contribution is 2.17. The average Bonchev–Trinajstić information content (AvgIpc) is 2.35. The largest absolute Gasteiger partial charge is 0.494 e. The van der Waals surface area contributed by atoms with E-state index in [1.54, 1.807) is 0 Å². The van der Waals surface area contributed by atoms with Crippen LogP contribution < -0.4 is 14.8 Å². The molecule has 96 valence electrons. The van der Waals surface area contributed by atoms with Gasteiger partial charge in [-0.1, -0.05) is 13.8 Å². The number of nitrogens with one attached hydrogen (secondary N) is 1. The molecule has 0 radical (unpaired) electrons. The van der Waals surface area contributed by atoms with Crippen LogP contribution in [0.1, 0.15) is 27.2 Å². The Kier molecular flexibility index (Phi) is 6.48. The minimum atomic E-state index is 0.371. The molecule has 0 aliphatic carbocycles. The van der Waals surface area contributed by atoms with E-state index >= 15 is 0 Å². The molecule has 0 aromatic heterocycles. The molecular weight excluding hydrogens is 214 g/mol. The number of hydrogen-bond donors (Lipinski definition) is 1. The maximum Gasteiger partial charge on any atom is 0.119 e. The second kappa shape index (κ2) is 7.96. The number of likely N-dealkylation sites (N-methyl/N-ethyl adjacent to an activating group) is 1. The van der Waals surface area contributed by atoms with Crippen molar-refractivity contribution >= 4 is 0 Å². The molecule has 1 atom stereocenters.